The Balaban J connectivity index is 2.12. The van der Waals surface area contributed by atoms with E-state index >= 15 is 0 Å². The lowest BCUT2D eigenvalue weighted by molar-refractivity contribution is 0.112. The molecule has 0 radical (unpaired) electrons. The lowest BCUT2D eigenvalue weighted by Gasteiger charge is -1.99. The van der Waals surface area contributed by atoms with E-state index < -0.39 is 0 Å². The molecule has 2 aromatic heterocycles. The molecule has 0 saturated heterocycles. The van der Waals surface area contributed by atoms with E-state index in [4.69, 9.17) is 0 Å². The topological polar surface area (TPSA) is 34.9 Å². The average molecular weight is 262 g/mol. The third kappa shape index (κ3) is 2.14. The number of hydrogen-bond acceptors (Lipinski definition) is 2. The fraction of sp³-hybridized carbons (Fsp3) is 0.0588. The summed E-state index contributed by atoms with van der Waals surface area (Å²) in [6, 6.07) is 12.0. The number of aromatic nitrogens is 2. The first-order valence-electron chi connectivity index (χ1n) is 6.42. The summed E-state index contributed by atoms with van der Waals surface area (Å²) in [6.07, 6.45) is 8.51. The van der Waals surface area contributed by atoms with Gasteiger partial charge < -0.3 is 4.57 Å². The molecule has 0 bridgehead atoms. The summed E-state index contributed by atoms with van der Waals surface area (Å²) in [6.45, 7) is 0. The molecule has 0 aliphatic heterocycles. The van der Waals surface area contributed by atoms with E-state index in [-0.39, 0.29) is 0 Å². The van der Waals surface area contributed by atoms with Crippen LogP contribution in [0.25, 0.3) is 23.2 Å². The number of benzene rings is 1. The highest BCUT2D eigenvalue weighted by Gasteiger charge is 2.09. The molecule has 20 heavy (non-hydrogen) atoms. The number of carbonyl (C=O) groups is 1. The van der Waals surface area contributed by atoms with Crippen LogP contribution in [-0.2, 0) is 7.05 Å². The van der Waals surface area contributed by atoms with Crippen molar-refractivity contribution in [3.63, 3.8) is 0 Å². The minimum absolute atomic E-state index is 0.670. The van der Waals surface area contributed by atoms with E-state index in [2.05, 4.69) is 4.98 Å². The van der Waals surface area contributed by atoms with Crippen molar-refractivity contribution in [1.29, 1.82) is 0 Å². The maximum Gasteiger partial charge on any atom is 0.152 e. The molecular formula is C17H14N2O. The summed E-state index contributed by atoms with van der Waals surface area (Å²) in [5.41, 5.74) is 3.62. The van der Waals surface area contributed by atoms with Crippen LogP contribution in [0.4, 0.5) is 0 Å². The first-order chi connectivity index (χ1) is 9.79. The van der Waals surface area contributed by atoms with Gasteiger partial charge in [0.25, 0.3) is 0 Å². The summed E-state index contributed by atoms with van der Waals surface area (Å²) in [5.74, 6) is 0. The predicted octanol–water partition coefficient (Wildman–Crippen LogP) is 3.56. The van der Waals surface area contributed by atoms with Crippen molar-refractivity contribution in [2.75, 3.05) is 0 Å². The van der Waals surface area contributed by atoms with Gasteiger partial charge in [0, 0.05) is 30.4 Å². The van der Waals surface area contributed by atoms with Crippen molar-refractivity contribution in [2.24, 2.45) is 7.05 Å². The summed E-state index contributed by atoms with van der Waals surface area (Å²) in [4.78, 5) is 15.5. The van der Waals surface area contributed by atoms with Crippen LogP contribution in [-0.4, -0.2) is 15.8 Å². The summed E-state index contributed by atoms with van der Waals surface area (Å²) in [5, 5.41) is 0.900. The van der Waals surface area contributed by atoms with Crippen LogP contribution in [0, 0.1) is 0 Å². The number of nitrogens with zero attached hydrogens (tertiary/aromatic N) is 2. The van der Waals surface area contributed by atoms with Gasteiger partial charge in [0.05, 0.1) is 0 Å². The van der Waals surface area contributed by atoms with Crippen LogP contribution < -0.4 is 0 Å². The van der Waals surface area contributed by atoms with E-state index in [9.17, 15) is 4.79 Å². The molecule has 3 nitrogen and oxygen atoms in total. The van der Waals surface area contributed by atoms with Gasteiger partial charge in [0.1, 0.15) is 5.65 Å². The second kappa shape index (κ2) is 5.13. The number of aryl methyl sites for hydroxylation is 1. The minimum atomic E-state index is 0.670. The molecule has 2 heterocycles. The van der Waals surface area contributed by atoms with Crippen molar-refractivity contribution in [3.8, 4) is 0 Å². The van der Waals surface area contributed by atoms with E-state index in [1.54, 1.807) is 6.20 Å². The Labute approximate surface area is 117 Å². The average Bonchev–Trinajstić information content (AvgIpc) is 2.83. The molecular weight excluding hydrogens is 248 g/mol. The first kappa shape index (κ1) is 12.4. The van der Waals surface area contributed by atoms with Gasteiger partial charge >= 0.3 is 0 Å². The van der Waals surface area contributed by atoms with Crippen molar-refractivity contribution < 1.29 is 4.79 Å². The summed E-state index contributed by atoms with van der Waals surface area (Å²) >= 11 is 0. The van der Waals surface area contributed by atoms with Gasteiger partial charge in [-0.25, -0.2) is 4.98 Å². The third-order valence-corrected chi connectivity index (χ3v) is 3.30. The zero-order chi connectivity index (χ0) is 13.9. The molecule has 98 valence electrons. The van der Waals surface area contributed by atoms with Gasteiger partial charge in [-0.2, -0.15) is 0 Å². The van der Waals surface area contributed by atoms with Gasteiger partial charge in [-0.15, -0.1) is 0 Å². The van der Waals surface area contributed by atoms with Gasteiger partial charge in [-0.1, -0.05) is 42.5 Å². The Morgan fingerprint density at radius 2 is 1.85 bits per heavy atom. The number of carbonyl (C=O) groups excluding carboxylic acids is 1. The highest BCUT2D eigenvalue weighted by molar-refractivity contribution is 6.01. The molecule has 3 aromatic rings. The fourth-order valence-corrected chi connectivity index (χ4v) is 2.34. The molecule has 0 spiro atoms. The summed E-state index contributed by atoms with van der Waals surface area (Å²) in [7, 11) is 1.90. The highest BCUT2D eigenvalue weighted by Crippen LogP contribution is 2.23. The molecule has 0 atom stereocenters. The lowest BCUT2D eigenvalue weighted by atomic mass is 10.1. The molecule has 0 saturated carbocycles. The largest absolute Gasteiger partial charge is 0.335 e. The molecule has 0 unspecified atom stereocenters. The van der Waals surface area contributed by atoms with Crippen LogP contribution in [0.3, 0.4) is 0 Å². The molecule has 1 aromatic carbocycles. The van der Waals surface area contributed by atoms with Crippen LogP contribution in [0.1, 0.15) is 21.5 Å². The second-order valence-corrected chi connectivity index (χ2v) is 4.66. The molecule has 3 rings (SSSR count). The normalized spacial score (nSPS) is 11.2. The number of rotatable bonds is 3. The maximum atomic E-state index is 11.2. The molecule has 3 heteroatoms. The zero-order valence-electron chi connectivity index (χ0n) is 11.2. The number of pyridine rings is 1. The van der Waals surface area contributed by atoms with Crippen molar-refractivity contribution in [3.05, 3.63) is 65.5 Å². The molecule has 0 fully saturated rings. The first-order valence-corrected chi connectivity index (χ1v) is 6.42. The Bertz CT molecular complexity index is 785. The number of fused-ring (bicyclic) bond motifs is 1. The van der Waals surface area contributed by atoms with E-state index in [0.29, 0.717) is 5.56 Å². The van der Waals surface area contributed by atoms with Crippen LogP contribution in [0.2, 0.25) is 0 Å². The van der Waals surface area contributed by atoms with Gasteiger partial charge in [-0.3, -0.25) is 4.79 Å². The molecule has 0 amide bonds. The third-order valence-electron chi connectivity index (χ3n) is 3.30. The zero-order valence-corrected chi connectivity index (χ0v) is 11.2. The standard InChI is InChI=1S/C17H14N2O/c1-19-11-15(12-20)16-14(9-10-18-17(16)19)8-7-13-5-3-2-4-6-13/h2-12H,1H3. The predicted molar refractivity (Wildman–Crippen MR) is 81.5 cm³/mol. The molecule has 0 N–H and O–H groups in total. The smallest absolute Gasteiger partial charge is 0.152 e. The lowest BCUT2D eigenvalue weighted by Crippen LogP contribution is -1.87. The monoisotopic (exact) mass is 262 g/mol. The van der Waals surface area contributed by atoms with E-state index in [1.165, 1.54) is 0 Å². The van der Waals surface area contributed by atoms with Gasteiger partial charge in [-0.05, 0) is 17.2 Å². The van der Waals surface area contributed by atoms with Crippen molar-refractivity contribution >= 4 is 29.5 Å². The maximum absolute atomic E-state index is 11.2. The van der Waals surface area contributed by atoms with Crippen LogP contribution in [0.5, 0.6) is 0 Å². The quantitative estimate of drug-likeness (QED) is 0.676. The van der Waals surface area contributed by atoms with Crippen LogP contribution in [0.15, 0.2) is 48.8 Å². The Morgan fingerprint density at radius 1 is 1.05 bits per heavy atom. The fourth-order valence-electron chi connectivity index (χ4n) is 2.34. The second-order valence-electron chi connectivity index (χ2n) is 4.66. The van der Waals surface area contributed by atoms with E-state index in [1.807, 2.05) is 66.4 Å². The minimum Gasteiger partial charge on any atom is -0.335 e. The Kier molecular flexibility index (Phi) is 3.17. The highest BCUT2D eigenvalue weighted by atomic mass is 16.1. The van der Waals surface area contributed by atoms with Crippen LogP contribution >= 0.6 is 0 Å². The Morgan fingerprint density at radius 3 is 2.60 bits per heavy atom. The van der Waals surface area contributed by atoms with Crippen molar-refractivity contribution in [1.82, 2.24) is 9.55 Å². The molecule has 0 aliphatic carbocycles. The molecule has 0 aliphatic rings. The van der Waals surface area contributed by atoms with Crippen molar-refractivity contribution in [2.45, 2.75) is 0 Å². The summed E-state index contributed by atoms with van der Waals surface area (Å²) < 4.78 is 1.87. The number of aldehydes is 1. The SMILES string of the molecule is Cn1cc(C=O)c2c(C=Cc3ccccc3)ccnc21. The number of hydrogen-bond donors (Lipinski definition) is 0. The van der Waals surface area contributed by atoms with Gasteiger partial charge in [0.15, 0.2) is 6.29 Å². The van der Waals surface area contributed by atoms with Gasteiger partial charge in [0.2, 0.25) is 0 Å². The Hall–Kier alpha value is -2.68. The van der Waals surface area contributed by atoms with E-state index in [0.717, 1.165) is 28.4 Å².